The van der Waals surface area contributed by atoms with Gasteiger partial charge in [0.05, 0.1) is 11.8 Å². The summed E-state index contributed by atoms with van der Waals surface area (Å²) in [6.45, 7) is 6.02. The Morgan fingerprint density at radius 2 is 1.78 bits per heavy atom. The average Bonchev–Trinajstić information content (AvgIpc) is 2.26. The Morgan fingerprint density at radius 1 is 1.22 bits per heavy atom. The molecule has 0 spiro atoms. The van der Waals surface area contributed by atoms with Gasteiger partial charge in [-0.15, -0.1) is 11.6 Å². The fraction of sp³-hybridized carbons (Fsp3) is 0.538. The summed E-state index contributed by atoms with van der Waals surface area (Å²) in [4.78, 5) is 0. The van der Waals surface area contributed by atoms with Crippen molar-refractivity contribution in [2.45, 2.75) is 26.8 Å². The molecule has 1 N–H and O–H groups in total. The van der Waals surface area contributed by atoms with Gasteiger partial charge in [0.15, 0.2) is 0 Å². The minimum Gasteiger partial charge on any atom is -0.212 e. The molecule has 0 amide bonds. The van der Waals surface area contributed by atoms with E-state index in [-0.39, 0.29) is 23.1 Å². The lowest BCUT2D eigenvalue weighted by molar-refractivity contribution is 0.304. The van der Waals surface area contributed by atoms with E-state index in [2.05, 4.69) is 4.72 Å². The van der Waals surface area contributed by atoms with E-state index in [1.807, 2.05) is 51.1 Å². The van der Waals surface area contributed by atoms with Gasteiger partial charge in [0.2, 0.25) is 10.0 Å². The summed E-state index contributed by atoms with van der Waals surface area (Å²) in [5.74, 6) is 0.0367. The first-order valence-electron chi connectivity index (χ1n) is 5.87. The van der Waals surface area contributed by atoms with Gasteiger partial charge in [-0.3, -0.25) is 0 Å². The Hall–Kier alpha value is -0.580. The molecule has 1 rings (SSSR count). The third kappa shape index (κ3) is 4.59. The Bertz CT molecular complexity index is 466. The van der Waals surface area contributed by atoms with Crippen LogP contribution in [0.5, 0.6) is 0 Å². The Balaban J connectivity index is 3.02. The van der Waals surface area contributed by atoms with Gasteiger partial charge < -0.3 is 0 Å². The first-order valence-corrected chi connectivity index (χ1v) is 8.06. The van der Waals surface area contributed by atoms with Crippen molar-refractivity contribution in [2.24, 2.45) is 5.41 Å². The highest BCUT2D eigenvalue weighted by molar-refractivity contribution is 7.89. The fourth-order valence-corrected chi connectivity index (χ4v) is 3.51. The summed E-state index contributed by atoms with van der Waals surface area (Å²) < 4.78 is 26.5. The number of sulfonamides is 1. The van der Waals surface area contributed by atoms with E-state index in [1.165, 1.54) is 0 Å². The molecule has 1 unspecified atom stereocenters. The fourth-order valence-electron chi connectivity index (χ4n) is 1.73. The zero-order valence-electron chi connectivity index (χ0n) is 11.0. The zero-order valence-corrected chi connectivity index (χ0v) is 12.6. The van der Waals surface area contributed by atoms with Crippen LogP contribution in [-0.2, 0) is 10.0 Å². The number of hydrogen-bond donors (Lipinski definition) is 1. The quantitative estimate of drug-likeness (QED) is 0.847. The van der Waals surface area contributed by atoms with E-state index in [1.54, 1.807) is 0 Å². The van der Waals surface area contributed by atoms with Crippen LogP contribution in [-0.4, -0.2) is 20.1 Å². The van der Waals surface area contributed by atoms with Gasteiger partial charge >= 0.3 is 0 Å². The van der Waals surface area contributed by atoms with Crippen molar-refractivity contribution in [3.8, 4) is 0 Å². The van der Waals surface area contributed by atoms with E-state index < -0.39 is 10.0 Å². The molecule has 1 aromatic rings. The number of hydrogen-bond acceptors (Lipinski definition) is 2. The van der Waals surface area contributed by atoms with Crippen LogP contribution < -0.4 is 4.72 Å². The summed E-state index contributed by atoms with van der Waals surface area (Å²) in [5, 5.41) is 0. The summed E-state index contributed by atoms with van der Waals surface area (Å²) in [5.41, 5.74) is 0.754. The molecule has 3 nitrogen and oxygen atoms in total. The minimum absolute atomic E-state index is 0.0615. The van der Waals surface area contributed by atoms with Gasteiger partial charge in [-0.2, -0.15) is 0 Å². The lowest BCUT2D eigenvalue weighted by atomic mass is 9.83. The molecule has 5 heteroatoms. The van der Waals surface area contributed by atoms with Gasteiger partial charge in [0, 0.05) is 5.88 Å². The number of nitrogens with one attached hydrogen (secondary N) is 1. The molecule has 0 bridgehead atoms. The summed E-state index contributed by atoms with van der Waals surface area (Å²) in [7, 11) is -3.34. The highest BCUT2D eigenvalue weighted by atomic mass is 35.5. The smallest absolute Gasteiger partial charge is 0.212 e. The summed E-state index contributed by atoms with van der Waals surface area (Å²) in [6, 6.07) is 9.33. The molecular weight excluding hydrogens is 270 g/mol. The predicted octanol–water partition coefficient (Wildman–Crippen LogP) is 2.93. The molecule has 0 saturated heterocycles. The largest absolute Gasteiger partial charge is 0.213 e. The molecule has 0 aliphatic rings. The van der Waals surface area contributed by atoms with E-state index in [0.717, 1.165) is 5.56 Å². The number of alkyl halides is 1. The van der Waals surface area contributed by atoms with Gasteiger partial charge in [-0.25, -0.2) is 13.1 Å². The van der Waals surface area contributed by atoms with Gasteiger partial charge in [-0.05, 0) is 11.0 Å². The molecule has 0 aromatic heterocycles. The molecule has 0 radical (unpaired) electrons. The Labute approximate surface area is 115 Å². The molecule has 0 aliphatic carbocycles. The second kappa shape index (κ2) is 6.04. The standard InChI is InChI=1S/C13H20ClNO2S/c1-13(2,3)12(11-7-5-4-6-8-11)15-18(16,17)10-9-14/h4-8,12,15H,9-10H2,1-3H3. The molecule has 1 atom stereocenters. The lowest BCUT2D eigenvalue weighted by Gasteiger charge is -2.31. The summed E-state index contributed by atoms with van der Waals surface area (Å²) >= 11 is 5.51. The van der Waals surface area contributed by atoms with Gasteiger partial charge in [0.1, 0.15) is 0 Å². The number of benzene rings is 1. The molecule has 0 fully saturated rings. The minimum atomic E-state index is -3.34. The van der Waals surface area contributed by atoms with Crippen molar-refractivity contribution < 1.29 is 8.42 Å². The Morgan fingerprint density at radius 3 is 2.22 bits per heavy atom. The molecule has 102 valence electrons. The highest BCUT2D eigenvalue weighted by Crippen LogP contribution is 2.33. The van der Waals surface area contributed by atoms with E-state index >= 15 is 0 Å². The van der Waals surface area contributed by atoms with Crippen molar-refractivity contribution in [2.75, 3.05) is 11.6 Å². The topological polar surface area (TPSA) is 46.2 Å². The SMILES string of the molecule is CC(C)(C)C(NS(=O)(=O)CCCl)c1ccccc1. The third-order valence-corrected chi connectivity index (χ3v) is 4.39. The second-order valence-corrected chi connectivity index (χ2v) is 7.59. The van der Waals surface area contributed by atoms with E-state index in [0.29, 0.717) is 0 Å². The van der Waals surface area contributed by atoms with E-state index in [9.17, 15) is 8.42 Å². The van der Waals surface area contributed by atoms with Crippen molar-refractivity contribution in [3.63, 3.8) is 0 Å². The zero-order chi connectivity index (χ0) is 13.8. The van der Waals surface area contributed by atoms with Crippen LogP contribution in [0.1, 0.15) is 32.4 Å². The lowest BCUT2D eigenvalue weighted by Crippen LogP contribution is -2.38. The molecule has 0 aliphatic heterocycles. The Kier molecular flexibility index (Phi) is 5.20. The van der Waals surface area contributed by atoms with Crippen molar-refractivity contribution >= 4 is 21.6 Å². The van der Waals surface area contributed by atoms with Gasteiger partial charge in [-0.1, -0.05) is 51.1 Å². The molecular formula is C13H20ClNO2S. The number of halogens is 1. The normalized spacial score (nSPS) is 14.4. The third-order valence-electron chi connectivity index (χ3n) is 2.64. The maximum absolute atomic E-state index is 11.9. The van der Waals surface area contributed by atoms with Crippen molar-refractivity contribution in [1.82, 2.24) is 4.72 Å². The predicted molar refractivity (Wildman–Crippen MR) is 76.3 cm³/mol. The van der Waals surface area contributed by atoms with Crippen LogP contribution in [0.2, 0.25) is 0 Å². The molecule has 0 saturated carbocycles. The van der Waals surface area contributed by atoms with Crippen LogP contribution in [0.15, 0.2) is 30.3 Å². The molecule has 18 heavy (non-hydrogen) atoms. The molecule has 1 aromatic carbocycles. The average molecular weight is 290 g/mol. The van der Waals surface area contributed by atoms with E-state index in [4.69, 9.17) is 11.6 Å². The monoisotopic (exact) mass is 289 g/mol. The van der Waals surface area contributed by atoms with Crippen LogP contribution in [0.25, 0.3) is 0 Å². The first kappa shape index (κ1) is 15.5. The maximum atomic E-state index is 11.9. The van der Waals surface area contributed by atoms with Crippen molar-refractivity contribution in [3.05, 3.63) is 35.9 Å². The van der Waals surface area contributed by atoms with Crippen LogP contribution in [0.3, 0.4) is 0 Å². The maximum Gasteiger partial charge on any atom is 0.213 e. The number of rotatable bonds is 5. The van der Waals surface area contributed by atoms with Crippen molar-refractivity contribution in [1.29, 1.82) is 0 Å². The van der Waals surface area contributed by atoms with Crippen LogP contribution in [0.4, 0.5) is 0 Å². The van der Waals surface area contributed by atoms with Crippen LogP contribution >= 0.6 is 11.6 Å². The highest BCUT2D eigenvalue weighted by Gasteiger charge is 2.29. The molecule has 0 heterocycles. The first-order chi connectivity index (χ1) is 8.26. The second-order valence-electron chi connectivity index (χ2n) is 5.34. The van der Waals surface area contributed by atoms with Crippen LogP contribution in [0, 0.1) is 5.41 Å². The van der Waals surface area contributed by atoms with Gasteiger partial charge in [0.25, 0.3) is 0 Å². The summed E-state index contributed by atoms with van der Waals surface area (Å²) in [6.07, 6.45) is 0.